The van der Waals surface area contributed by atoms with Crippen LogP contribution < -0.4 is 4.90 Å². The van der Waals surface area contributed by atoms with Crippen molar-refractivity contribution in [3.63, 3.8) is 0 Å². The fourth-order valence-electron chi connectivity index (χ4n) is 1.91. The maximum atomic E-state index is 13.1. The van der Waals surface area contributed by atoms with Crippen LogP contribution in [0, 0.1) is 5.82 Å². The second-order valence-electron chi connectivity index (χ2n) is 4.15. The predicted octanol–water partition coefficient (Wildman–Crippen LogP) is 2.35. The van der Waals surface area contributed by atoms with Gasteiger partial charge in [0.1, 0.15) is 5.82 Å². The molecule has 0 radical (unpaired) electrons. The average molecular weight is 246 g/mol. The van der Waals surface area contributed by atoms with E-state index in [0.717, 1.165) is 16.8 Å². The van der Waals surface area contributed by atoms with E-state index in [1.165, 1.54) is 12.1 Å². The Labute approximate surface area is 106 Å². The smallest absolute Gasteiger partial charge is 0.123 e. The van der Waals surface area contributed by atoms with E-state index in [9.17, 15) is 9.50 Å². The second-order valence-corrected chi connectivity index (χ2v) is 4.15. The molecule has 2 rings (SSSR count). The standard InChI is InChI=1S/C14H15FN2O/c1-17(9-11-3-2-4-13(15)7-11)14-5-6-16-8-12(14)10-18/h2-8,18H,9-10H2,1H3. The van der Waals surface area contributed by atoms with Crippen LogP contribution in [0.3, 0.4) is 0 Å². The molecular formula is C14H15FN2O. The fourth-order valence-corrected chi connectivity index (χ4v) is 1.91. The average Bonchev–Trinajstić information content (AvgIpc) is 2.38. The summed E-state index contributed by atoms with van der Waals surface area (Å²) in [6.45, 7) is 0.519. The molecule has 1 aromatic carbocycles. The molecule has 0 unspecified atom stereocenters. The van der Waals surface area contributed by atoms with Crippen LogP contribution in [0.4, 0.5) is 10.1 Å². The van der Waals surface area contributed by atoms with Crippen LogP contribution in [0.15, 0.2) is 42.7 Å². The normalized spacial score (nSPS) is 10.4. The summed E-state index contributed by atoms with van der Waals surface area (Å²) in [6.07, 6.45) is 3.31. The Morgan fingerprint density at radius 1 is 1.33 bits per heavy atom. The quantitative estimate of drug-likeness (QED) is 0.899. The second kappa shape index (κ2) is 5.60. The minimum Gasteiger partial charge on any atom is -0.392 e. The SMILES string of the molecule is CN(Cc1cccc(F)c1)c1ccncc1CO. The zero-order valence-corrected chi connectivity index (χ0v) is 10.2. The number of benzene rings is 1. The number of anilines is 1. The molecule has 18 heavy (non-hydrogen) atoms. The number of hydrogen-bond acceptors (Lipinski definition) is 3. The molecule has 0 fully saturated rings. The molecule has 1 N–H and O–H groups in total. The van der Waals surface area contributed by atoms with E-state index in [0.29, 0.717) is 6.54 Å². The van der Waals surface area contributed by atoms with Crippen molar-refractivity contribution in [2.45, 2.75) is 13.2 Å². The summed E-state index contributed by atoms with van der Waals surface area (Å²) in [7, 11) is 1.90. The largest absolute Gasteiger partial charge is 0.392 e. The minimum absolute atomic E-state index is 0.0589. The highest BCUT2D eigenvalue weighted by Gasteiger charge is 2.07. The Bertz CT molecular complexity index is 531. The van der Waals surface area contributed by atoms with Crippen molar-refractivity contribution in [2.75, 3.05) is 11.9 Å². The van der Waals surface area contributed by atoms with Crippen molar-refractivity contribution in [3.8, 4) is 0 Å². The highest BCUT2D eigenvalue weighted by atomic mass is 19.1. The van der Waals surface area contributed by atoms with Crippen molar-refractivity contribution >= 4 is 5.69 Å². The van der Waals surface area contributed by atoms with Gasteiger partial charge < -0.3 is 10.0 Å². The van der Waals surface area contributed by atoms with Gasteiger partial charge in [-0.25, -0.2) is 4.39 Å². The number of aromatic nitrogens is 1. The van der Waals surface area contributed by atoms with Crippen molar-refractivity contribution in [1.29, 1.82) is 0 Å². The van der Waals surface area contributed by atoms with E-state index >= 15 is 0 Å². The lowest BCUT2D eigenvalue weighted by Crippen LogP contribution is -2.18. The summed E-state index contributed by atoms with van der Waals surface area (Å²) in [6, 6.07) is 8.34. The van der Waals surface area contributed by atoms with E-state index in [1.807, 2.05) is 24.1 Å². The first-order valence-corrected chi connectivity index (χ1v) is 5.70. The van der Waals surface area contributed by atoms with Gasteiger partial charge >= 0.3 is 0 Å². The third-order valence-corrected chi connectivity index (χ3v) is 2.77. The number of nitrogens with zero attached hydrogens (tertiary/aromatic N) is 2. The summed E-state index contributed by atoms with van der Waals surface area (Å²) in [4.78, 5) is 5.93. The first-order chi connectivity index (χ1) is 8.70. The molecule has 0 saturated carbocycles. The molecule has 0 spiro atoms. The molecule has 1 heterocycles. The number of aliphatic hydroxyl groups excluding tert-OH is 1. The first-order valence-electron chi connectivity index (χ1n) is 5.70. The van der Waals surface area contributed by atoms with Gasteiger partial charge in [-0.3, -0.25) is 4.98 Å². The Kier molecular flexibility index (Phi) is 3.89. The highest BCUT2D eigenvalue weighted by molar-refractivity contribution is 5.51. The lowest BCUT2D eigenvalue weighted by molar-refractivity contribution is 0.281. The minimum atomic E-state index is -0.238. The predicted molar refractivity (Wildman–Crippen MR) is 68.7 cm³/mol. The summed E-state index contributed by atoms with van der Waals surface area (Å²) in [5.74, 6) is -0.238. The lowest BCUT2D eigenvalue weighted by Gasteiger charge is -2.21. The maximum absolute atomic E-state index is 13.1. The third-order valence-electron chi connectivity index (χ3n) is 2.77. The first kappa shape index (κ1) is 12.5. The molecule has 0 amide bonds. The van der Waals surface area contributed by atoms with E-state index < -0.39 is 0 Å². The molecule has 0 aliphatic rings. The Morgan fingerprint density at radius 2 is 2.17 bits per heavy atom. The number of rotatable bonds is 4. The molecule has 1 aromatic heterocycles. The van der Waals surface area contributed by atoms with Crippen LogP contribution in [-0.2, 0) is 13.2 Å². The van der Waals surface area contributed by atoms with E-state index in [1.54, 1.807) is 18.5 Å². The lowest BCUT2D eigenvalue weighted by atomic mass is 10.1. The molecule has 4 heteroatoms. The molecular weight excluding hydrogens is 231 g/mol. The van der Waals surface area contributed by atoms with Gasteiger partial charge in [-0.05, 0) is 23.8 Å². The van der Waals surface area contributed by atoms with Crippen LogP contribution in [0.1, 0.15) is 11.1 Å². The number of aliphatic hydroxyl groups is 1. The molecule has 0 bridgehead atoms. The monoisotopic (exact) mass is 246 g/mol. The number of hydrogen-bond donors (Lipinski definition) is 1. The fraction of sp³-hybridized carbons (Fsp3) is 0.214. The van der Waals surface area contributed by atoms with Gasteiger partial charge in [0.25, 0.3) is 0 Å². The Balaban J connectivity index is 2.19. The van der Waals surface area contributed by atoms with Gasteiger partial charge in [0.15, 0.2) is 0 Å². The molecule has 0 aliphatic carbocycles. The van der Waals surface area contributed by atoms with Gasteiger partial charge in [0.05, 0.1) is 6.61 Å². The molecule has 0 atom stereocenters. The van der Waals surface area contributed by atoms with Gasteiger partial charge in [0.2, 0.25) is 0 Å². The highest BCUT2D eigenvalue weighted by Crippen LogP contribution is 2.20. The summed E-state index contributed by atoms with van der Waals surface area (Å²) in [5, 5.41) is 9.25. The van der Waals surface area contributed by atoms with Gasteiger partial charge in [-0.2, -0.15) is 0 Å². The zero-order chi connectivity index (χ0) is 13.0. The van der Waals surface area contributed by atoms with Crippen LogP contribution >= 0.6 is 0 Å². The van der Waals surface area contributed by atoms with Crippen molar-refractivity contribution in [2.24, 2.45) is 0 Å². The summed E-state index contributed by atoms with van der Waals surface area (Å²) >= 11 is 0. The van der Waals surface area contributed by atoms with Gasteiger partial charge in [-0.15, -0.1) is 0 Å². The Hall–Kier alpha value is -1.94. The van der Waals surface area contributed by atoms with E-state index in [4.69, 9.17) is 0 Å². The molecule has 94 valence electrons. The summed E-state index contributed by atoms with van der Waals surface area (Å²) < 4.78 is 13.1. The maximum Gasteiger partial charge on any atom is 0.123 e. The third kappa shape index (κ3) is 2.84. The van der Waals surface area contributed by atoms with Crippen LogP contribution in [0.2, 0.25) is 0 Å². The zero-order valence-electron chi connectivity index (χ0n) is 10.2. The molecule has 0 aliphatic heterocycles. The van der Waals surface area contributed by atoms with Crippen molar-refractivity contribution < 1.29 is 9.50 Å². The topological polar surface area (TPSA) is 36.4 Å². The van der Waals surface area contributed by atoms with Crippen LogP contribution in [0.5, 0.6) is 0 Å². The summed E-state index contributed by atoms with van der Waals surface area (Å²) in [5.41, 5.74) is 2.55. The van der Waals surface area contributed by atoms with E-state index in [2.05, 4.69) is 4.98 Å². The van der Waals surface area contributed by atoms with Crippen LogP contribution in [0.25, 0.3) is 0 Å². The molecule has 3 nitrogen and oxygen atoms in total. The Morgan fingerprint density at radius 3 is 2.89 bits per heavy atom. The molecule has 0 saturated heterocycles. The molecule has 2 aromatic rings. The van der Waals surface area contributed by atoms with Crippen molar-refractivity contribution in [3.05, 3.63) is 59.7 Å². The van der Waals surface area contributed by atoms with E-state index in [-0.39, 0.29) is 12.4 Å². The van der Waals surface area contributed by atoms with Gasteiger partial charge in [-0.1, -0.05) is 12.1 Å². The van der Waals surface area contributed by atoms with Gasteiger partial charge in [0, 0.05) is 37.2 Å². The van der Waals surface area contributed by atoms with Crippen molar-refractivity contribution in [1.82, 2.24) is 4.98 Å². The number of pyridine rings is 1. The van der Waals surface area contributed by atoms with Crippen LogP contribution in [-0.4, -0.2) is 17.1 Å². The number of halogens is 1.